The summed E-state index contributed by atoms with van der Waals surface area (Å²) in [6.45, 7) is 15.9. The van der Waals surface area contributed by atoms with Crippen molar-refractivity contribution in [2.24, 2.45) is 0 Å². The van der Waals surface area contributed by atoms with Gasteiger partial charge in [0, 0.05) is 65.2 Å². The van der Waals surface area contributed by atoms with Gasteiger partial charge < -0.3 is 111 Å². The number of hydrogen-bond donors (Lipinski definition) is 8. The van der Waals surface area contributed by atoms with Crippen LogP contribution < -0.4 is 17.4 Å². The number of aldehydes is 1. The monoisotopic (exact) mass is 899 g/mol. The van der Waals surface area contributed by atoms with Gasteiger partial charge in [-0.15, -0.1) is 0 Å². The predicted molar refractivity (Wildman–Crippen MR) is 217 cm³/mol. The molecule has 0 aromatic rings. The summed E-state index contributed by atoms with van der Waals surface area (Å²) in [5, 5.41) is 59.4. The molecule has 2 unspecified atom stereocenters. The van der Waals surface area contributed by atoms with Crippen LogP contribution in [-0.2, 0) is 74.6 Å². The molecular weight excluding hydrogens is 820 g/mol. The number of aliphatic carboxylic acids is 1. The van der Waals surface area contributed by atoms with Gasteiger partial charge in [0.15, 0.2) is 19.3 Å². The number of ketones is 2. The number of hydrogen-bond acceptors (Lipinski definition) is 9. The van der Waals surface area contributed by atoms with Gasteiger partial charge in [-0.3, -0.25) is 14.4 Å². The van der Waals surface area contributed by atoms with E-state index in [2.05, 4.69) is 9.47 Å². The van der Waals surface area contributed by atoms with Crippen LogP contribution in [0.1, 0.15) is 69.2 Å². The zero-order chi connectivity index (χ0) is 35.7. The molecule has 0 rings (SSSR count). The van der Waals surface area contributed by atoms with Crippen LogP contribution >= 0.6 is 0 Å². The van der Waals surface area contributed by atoms with Gasteiger partial charge in [-0.05, 0) is 55.4 Å². The van der Waals surface area contributed by atoms with E-state index in [-0.39, 0.29) is 169 Å². The summed E-state index contributed by atoms with van der Waals surface area (Å²) in [5.74, 6) is -1.13. The quantitative estimate of drug-likeness (QED) is 0.0306. The summed E-state index contributed by atoms with van der Waals surface area (Å²) < 4.78 is 9.18. The largest absolute Gasteiger partial charge is 0.513 e. The average Bonchev–Trinajstić information content (AvgIpc) is 2.78. The fourth-order valence-electron chi connectivity index (χ4n) is 1.34. The van der Waals surface area contributed by atoms with E-state index in [1.807, 2.05) is 0 Å². The summed E-state index contributed by atoms with van der Waals surface area (Å²) in [5.41, 5.74) is 0. The van der Waals surface area contributed by atoms with E-state index < -0.39 is 18.2 Å². The molecule has 0 saturated carbocycles. The summed E-state index contributed by atoms with van der Waals surface area (Å²) in [4.78, 5) is 49.7. The van der Waals surface area contributed by atoms with Crippen LogP contribution in [0.25, 0.3) is 0 Å². The molecule has 0 aromatic carbocycles. The van der Waals surface area contributed by atoms with Gasteiger partial charge in [0.2, 0.25) is 0 Å². The van der Waals surface area contributed by atoms with Crippen LogP contribution in [0.4, 0.5) is 0 Å². The van der Waals surface area contributed by atoms with E-state index in [9.17, 15) is 5.11 Å². The Morgan fingerprint density at radius 3 is 0.778 bits per heavy atom. The average molecular weight is 900 g/mol. The minimum atomic E-state index is -1.23. The Morgan fingerprint density at radius 1 is 0.556 bits per heavy atom. The number of carboxylic acids is 1. The summed E-state index contributed by atoms with van der Waals surface area (Å²) in [6.07, 6.45) is 3.65. The molecule has 0 aromatic heterocycles. The van der Waals surface area contributed by atoms with Crippen LogP contribution in [0.2, 0.25) is 0 Å². The molecule has 0 fully saturated rings. The van der Waals surface area contributed by atoms with E-state index in [0.29, 0.717) is 13.2 Å². The second-order valence-corrected chi connectivity index (χ2v) is 7.87. The molecule has 0 aliphatic rings. The van der Waals surface area contributed by atoms with Gasteiger partial charge in [0.1, 0.15) is 29.8 Å². The SMILES string of the molecule is CC(=[OH+])C=C(C)O.CC(=[OH+])C=C(C)O.CC(O)C([O-])=[OH+].CC(O)C=[OH+].CCOC(=[OH+])C=C(C)O.CCOC(=[OH+])C=C(C)O.[CH3-].[CH3-].[CH3-].[CH3-].[CH3-].[CH3-].[NH4+].[NH4+].[Ti].[Ti].[Ti]. The van der Waals surface area contributed by atoms with E-state index >= 15 is 0 Å². The van der Waals surface area contributed by atoms with Gasteiger partial charge in [0.05, 0.1) is 37.5 Å². The molecule has 2 atom stereocenters. The normalized spacial score (nSPS) is 9.48. The minimum absolute atomic E-state index is 0. The summed E-state index contributed by atoms with van der Waals surface area (Å²) >= 11 is 0. The van der Waals surface area contributed by atoms with E-state index in [4.69, 9.17) is 59.4 Å². The molecule has 54 heavy (non-hydrogen) atoms. The van der Waals surface area contributed by atoms with E-state index in [0.717, 1.165) is 18.4 Å². The zero-order valence-corrected chi connectivity index (χ0v) is 40.7. The fraction of sp³-hybridized carbons (Fsp3) is 0.412. The molecule has 20 N–H and O–H groups in total. The van der Waals surface area contributed by atoms with Gasteiger partial charge in [-0.25, -0.2) is 5.11 Å². The van der Waals surface area contributed by atoms with Crippen LogP contribution in [0.15, 0.2) is 47.3 Å². The van der Waals surface area contributed by atoms with Crippen molar-refractivity contribution >= 4 is 35.8 Å². The van der Waals surface area contributed by atoms with E-state index in [1.165, 1.54) is 67.5 Å². The number of carbonyl (C=O) groups excluding carboxylic acids is 6. The maximum atomic E-state index is 9.45. The van der Waals surface area contributed by atoms with Crippen molar-refractivity contribution in [3.05, 3.63) is 91.9 Å². The Kier molecular flexibility index (Phi) is 162. The summed E-state index contributed by atoms with van der Waals surface area (Å²) in [6, 6.07) is 0. The number of allylic oxidation sites excluding steroid dienone is 6. The maximum Gasteiger partial charge on any atom is 0.513 e. The molecular formula is C34H79N2O15Ti3+. The topological polar surface area (TPSA) is 364 Å². The van der Waals surface area contributed by atoms with Crippen molar-refractivity contribution < 1.29 is 139 Å². The Bertz CT molecular complexity index is 881. The standard InChI is InChI=1S/2C6H10O3.2C5H8O2.C3H6O3.C3H6O2.6CH3.2H3N.3Ti/c2*1-3-9-6(8)4-5(2)7;2*1-4(6)3-5(2)7;1-2(4)3(5)6;1-3(5)2-4;;;;;;;;;;;/h2*4,7H,3H2,1-2H3;2*3,6H,1-2H3;2,4H,1H3,(H,5,6);2-3,5H,1H3;8*1H3;;;/q;;;;;;6*-1;;;;;/p+7. The molecule has 326 valence electrons. The molecule has 0 spiro atoms. The Morgan fingerprint density at radius 2 is 0.722 bits per heavy atom. The zero-order valence-electron chi connectivity index (χ0n) is 36.0. The Hall–Kier alpha value is -2.44. The van der Waals surface area contributed by atoms with Crippen molar-refractivity contribution in [1.29, 1.82) is 0 Å². The van der Waals surface area contributed by atoms with Crippen molar-refractivity contribution in [3.63, 3.8) is 0 Å². The number of aliphatic hydroxyl groups is 6. The molecule has 0 amide bonds. The smallest absolute Gasteiger partial charge is 0.512 e. The third kappa shape index (κ3) is 179. The summed E-state index contributed by atoms with van der Waals surface area (Å²) in [7, 11) is 0. The Labute approximate surface area is 371 Å². The van der Waals surface area contributed by atoms with Crippen LogP contribution in [0.5, 0.6) is 0 Å². The van der Waals surface area contributed by atoms with Gasteiger partial charge in [-0.1, -0.05) is 0 Å². The molecule has 17 nitrogen and oxygen atoms in total. The first-order valence-electron chi connectivity index (χ1n) is 12.5. The van der Waals surface area contributed by atoms with Crippen LogP contribution in [-0.4, -0.2) is 121 Å². The number of ether oxygens (including phenoxy) is 2. The molecule has 0 saturated heterocycles. The van der Waals surface area contributed by atoms with Crippen molar-refractivity contribution in [2.45, 2.75) is 81.4 Å². The number of carboxylic acid groups (broad SMARTS) is 1. The maximum absolute atomic E-state index is 9.45. The second kappa shape index (κ2) is 79.4. The van der Waals surface area contributed by atoms with Crippen LogP contribution in [0, 0.1) is 44.6 Å². The first kappa shape index (κ1) is 110. The first-order chi connectivity index (χ1) is 19.5. The van der Waals surface area contributed by atoms with Gasteiger partial charge in [0.25, 0.3) is 0 Å². The molecule has 0 heterocycles. The molecule has 20 heteroatoms. The minimum Gasteiger partial charge on any atom is -0.512 e. The third-order valence-corrected chi connectivity index (χ3v) is 2.66. The Balaban J connectivity index is -0.0000000197. The second-order valence-electron chi connectivity index (χ2n) is 7.87. The van der Waals surface area contributed by atoms with Crippen molar-refractivity contribution in [1.82, 2.24) is 12.3 Å². The third-order valence-electron chi connectivity index (χ3n) is 2.66. The van der Waals surface area contributed by atoms with E-state index in [1.54, 1.807) is 13.8 Å². The fourth-order valence-corrected chi connectivity index (χ4v) is 1.34. The number of rotatable bonds is 8. The molecule has 0 bridgehead atoms. The van der Waals surface area contributed by atoms with Gasteiger partial charge in [-0.2, -0.15) is 0 Å². The first-order valence-corrected chi connectivity index (χ1v) is 12.5. The number of aliphatic hydroxyl groups excluding tert-OH is 6. The number of esters is 2. The van der Waals surface area contributed by atoms with Crippen LogP contribution in [0.3, 0.4) is 0 Å². The molecule has 0 radical (unpaired) electrons. The van der Waals surface area contributed by atoms with Gasteiger partial charge >= 0.3 is 35.8 Å². The van der Waals surface area contributed by atoms with Crippen molar-refractivity contribution in [3.8, 4) is 0 Å². The molecule has 0 aliphatic heterocycles. The molecule has 0 aliphatic carbocycles. The number of quaternary nitrogens is 2. The predicted octanol–water partition coefficient (Wildman–Crippen LogP) is 5.08. The van der Waals surface area contributed by atoms with Crippen molar-refractivity contribution in [2.75, 3.05) is 13.2 Å².